The van der Waals surface area contributed by atoms with Crippen molar-refractivity contribution in [2.24, 2.45) is 0 Å². The van der Waals surface area contributed by atoms with E-state index in [-0.39, 0.29) is 6.61 Å². The molecule has 5 nitrogen and oxygen atoms in total. The van der Waals surface area contributed by atoms with Gasteiger partial charge < -0.3 is 15.0 Å². The van der Waals surface area contributed by atoms with Crippen LogP contribution in [-0.4, -0.2) is 39.8 Å². The third-order valence-corrected chi connectivity index (χ3v) is 2.76. The predicted octanol–water partition coefficient (Wildman–Crippen LogP) is 1.39. The molecular formula is C12H18N4O. The summed E-state index contributed by atoms with van der Waals surface area (Å²) in [6.07, 6.45) is 0. The van der Waals surface area contributed by atoms with Crippen LogP contribution in [-0.2, 0) is 0 Å². The average Bonchev–Trinajstić information content (AvgIpc) is 2.65. The van der Waals surface area contributed by atoms with E-state index >= 15 is 0 Å². The Morgan fingerprint density at radius 3 is 2.76 bits per heavy atom. The van der Waals surface area contributed by atoms with Gasteiger partial charge in [-0.25, -0.2) is 9.97 Å². The molecule has 92 valence electrons. The Bertz CT molecular complexity index is 520. The number of likely N-dealkylation sites (N-methyl/N-ethyl adjacent to an activating group) is 1. The Hall–Kier alpha value is -1.62. The van der Waals surface area contributed by atoms with Gasteiger partial charge in [-0.1, -0.05) is 0 Å². The second kappa shape index (κ2) is 4.71. The summed E-state index contributed by atoms with van der Waals surface area (Å²) >= 11 is 0. The van der Waals surface area contributed by atoms with Gasteiger partial charge in [-0.2, -0.15) is 0 Å². The van der Waals surface area contributed by atoms with E-state index in [9.17, 15) is 0 Å². The van der Waals surface area contributed by atoms with Crippen molar-refractivity contribution in [2.45, 2.75) is 20.8 Å². The number of anilines is 1. The molecule has 0 aromatic carbocycles. The molecule has 0 aliphatic rings. The van der Waals surface area contributed by atoms with Gasteiger partial charge in [0.2, 0.25) is 0 Å². The topological polar surface area (TPSA) is 65.0 Å². The van der Waals surface area contributed by atoms with Crippen molar-refractivity contribution >= 4 is 16.9 Å². The normalized spacial score (nSPS) is 11.1. The SMILES string of the molecule is CCN(CCO)c1nc(C)nc2[nH]c(C)cc12. The number of aromatic amines is 1. The smallest absolute Gasteiger partial charge is 0.143 e. The molecule has 0 radical (unpaired) electrons. The molecule has 2 rings (SSSR count). The fraction of sp³-hybridized carbons (Fsp3) is 0.500. The van der Waals surface area contributed by atoms with Gasteiger partial charge in [0.15, 0.2) is 0 Å². The zero-order valence-corrected chi connectivity index (χ0v) is 10.5. The maximum Gasteiger partial charge on any atom is 0.143 e. The lowest BCUT2D eigenvalue weighted by Gasteiger charge is -2.21. The van der Waals surface area contributed by atoms with Gasteiger partial charge in [-0.3, -0.25) is 0 Å². The monoisotopic (exact) mass is 234 g/mol. The molecule has 2 N–H and O–H groups in total. The Kier molecular flexibility index (Phi) is 3.28. The van der Waals surface area contributed by atoms with E-state index in [4.69, 9.17) is 5.11 Å². The predicted molar refractivity (Wildman–Crippen MR) is 68.3 cm³/mol. The first-order valence-electron chi connectivity index (χ1n) is 5.85. The van der Waals surface area contributed by atoms with Crippen LogP contribution in [0.25, 0.3) is 11.0 Å². The van der Waals surface area contributed by atoms with Crippen molar-refractivity contribution in [1.29, 1.82) is 0 Å². The highest BCUT2D eigenvalue weighted by Gasteiger charge is 2.13. The number of nitrogens with zero attached hydrogens (tertiary/aromatic N) is 3. The number of H-pyrrole nitrogens is 1. The molecule has 0 atom stereocenters. The number of hydrogen-bond donors (Lipinski definition) is 2. The molecule has 5 heteroatoms. The van der Waals surface area contributed by atoms with E-state index in [1.165, 1.54) is 0 Å². The van der Waals surface area contributed by atoms with E-state index in [1.807, 2.05) is 19.9 Å². The quantitative estimate of drug-likeness (QED) is 0.839. The summed E-state index contributed by atoms with van der Waals surface area (Å²) in [6.45, 7) is 7.47. The summed E-state index contributed by atoms with van der Waals surface area (Å²) in [5.41, 5.74) is 1.93. The van der Waals surface area contributed by atoms with Crippen LogP contribution in [0.4, 0.5) is 5.82 Å². The minimum atomic E-state index is 0.127. The minimum absolute atomic E-state index is 0.127. The standard InChI is InChI=1S/C12H18N4O/c1-4-16(5-6-17)12-10-7-8(2)13-11(10)14-9(3)15-12/h7,17H,4-6H2,1-3H3,(H,13,14,15). The van der Waals surface area contributed by atoms with Gasteiger partial charge in [0, 0.05) is 18.8 Å². The van der Waals surface area contributed by atoms with E-state index in [1.54, 1.807) is 0 Å². The molecule has 2 heterocycles. The molecule has 0 saturated heterocycles. The summed E-state index contributed by atoms with van der Waals surface area (Å²) < 4.78 is 0. The van der Waals surface area contributed by atoms with Crippen LogP contribution in [0.2, 0.25) is 0 Å². The molecule has 17 heavy (non-hydrogen) atoms. The van der Waals surface area contributed by atoms with Gasteiger partial charge in [-0.15, -0.1) is 0 Å². The number of aryl methyl sites for hydroxylation is 2. The van der Waals surface area contributed by atoms with E-state index in [0.717, 1.165) is 34.9 Å². The zero-order valence-electron chi connectivity index (χ0n) is 10.5. The van der Waals surface area contributed by atoms with Crippen LogP contribution in [0.5, 0.6) is 0 Å². The largest absolute Gasteiger partial charge is 0.395 e. The lowest BCUT2D eigenvalue weighted by atomic mass is 10.3. The summed E-state index contributed by atoms with van der Waals surface area (Å²) in [5, 5.41) is 10.1. The highest BCUT2D eigenvalue weighted by molar-refractivity contribution is 5.88. The maximum absolute atomic E-state index is 9.08. The van der Waals surface area contributed by atoms with Crippen LogP contribution >= 0.6 is 0 Å². The molecule has 0 unspecified atom stereocenters. The summed E-state index contributed by atoms with van der Waals surface area (Å²) in [5.74, 6) is 1.64. The second-order valence-corrected chi connectivity index (χ2v) is 4.11. The number of nitrogens with one attached hydrogen (secondary N) is 1. The lowest BCUT2D eigenvalue weighted by molar-refractivity contribution is 0.302. The Balaban J connectivity index is 2.57. The molecule has 0 spiro atoms. The fourth-order valence-electron chi connectivity index (χ4n) is 2.01. The van der Waals surface area contributed by atoms with Crippen LogP contribution < -0.4 is 4.90 Å². The number of aliphatic hydroxyl groups excluding tert-OH is 1. The van der Waals surface area contributed by atoms with Crippen molar-refractivity contribution < 1.29 is 5.11 Å². The molecule has 2 aromatic heterocycles. The highest BCUT2D eigenvalue weighted by Crippen LogP contribution is 2.24. The summed E-state index contributed by atoms with van der Waals surface area (Å²) in [6, 6.07) is 2.05. The van der Waals surface area contributed by atoms with Crippen LogP contribution in [0.3, 0.4) is 0 Å². The Labute approximate surface area is 101 Å². The number of rotatable bonds is 4. The number of fused-ring (bicyclic) bond motifs is 1. The van der Waals surface area contributed by atoms with Crippen molar-refractivity contribution in [3.63, 3.8) is 0 Å². The van der Waals surface area contributed by atoms with Crippen LogP contribution in [0, 0.1) is 13.8 Å². The third-order valence-electron chi connectivity index (χ3n) is 2.76. The van der Waals surface area contributed by atoms with Gasteiger partial charge >= 0.3 is 0 Å². The molecular weight excluding hydrogens is 216 g/mol. The number of aromatic nitrogens is 3. The van der Waals surface area contributed by atoms with Crippen molar-refractivity contribution in [3.8, 4) is 0 Å². The molecule has 0 aliphatic carbocycles. The minimum Gasteiger partial charge on any atom is -0.395 e. The van der Waals surface area contributed by atoms with Crippen molar-refractivity contribution in [2.75, 3.05) is 24.6 Å². The summed E-state index contributed by atoms with van der Waals surface area (Å²) in [7, 11) is 0. The van der Waals surface area contributed by atoms with Crippen LogP contribution in [0.15, 0.2) is 6.07 Å². The van der Waals surface area contributed by atoms with Crippen molar-refractivity contribution in [1.82, 2.24) is 15.0 Å². The first-order chi connectivity index (χ1) is 8.15. The number of aliphatic hydroxyl groups is 1. The Morgan fingerprint density at radius 1 is 1.35 bits per heavy atom. The van der Waals surface area contributed by atoms with Gasteiger partial charge in [0.05, 0.1) is 12.0 Å². The highest BCUT2D eigenvalue weighted by atomic mass is 16.3. The molecule has 0 bridgehead atoms. The van der Waals surface area contributed by atoms with Crippen LogP contribution in [0.1, 0.15) is 18.4 Å². The van der Waals surface area contributed by atoms with E-state index in [2.05, 4.69) is 26.8 Å². The number of hydrogen-bond acceptors (Lipinski definition) is 4. The molecule has 0 saturated carbocycles. The Morgan fingerprint density at radius 2 is 2.12 bits per heavy atom. The average molecular weight is 234 g/mol. The van der Waals surface area contributed by atoms with Gasteiger partial charge in [0.25, 0.3) is 0 Å². The van der Waals surface area contributed by atoms with Crippen molar-refractivity contribution in [3.05, 3.63) is 17.6 Å². The second-order valence-electron chi connectivity index (χ2n) is 4.11. The third kappa shape index (κ3) is 2.24. The van der Waals surface area contributed by atoms with E-state index in [0.29, 0.717) is 6.54 Å². The first kappa shape index (κ1) is 11.9. The van der Waals surface area contributed by atoms with Gasteiger partial charge in [0.1, 0.15) is 17.3 Å². The van der Waals surface area contributed by atoms with Gasteiger partial charge in [-0.05, 0) is 26.8 Å². The first-order valence-corrected chi connectivity index (χ1v) is 5.85. The summed E-state index contributed by atoms with van der Waals surface area (Å²) in [4.78, 5) is 14.1. The zero-order chi connectivity index (χ0) is 12.4. The molecule has 2 aromatic rings. The van der Waals surface area contributed by atoms with E-state index < -0.39 is 0 Å². The molecule has 0 amide bonds. The lowest BCUT2D eigenvalue weighted by Crippen LogP contribution is -2.27. The molecule has 0 aliphatic heterocycles. The fourth-order valence-corrected chi connectivity index (χ4v) is 2.01. The maximum atomic E-state index is 9.08. The molecule has 0 fully saturated rings.